The van der Waals surface area contributed by atoms with Crippen molar-refractivity contribution in [2.45, 2.75) is 0 Å². The van der Waals surface area contributed by atoms with Crippen LogP contribution < -0.4 is 4.74 Å². The number of benzene rings is 1. The van der Waals surface area contributed by atoms with Crippen molar-refractivity contribution in [3.05, 3.63) is 32.6 Å². The van der Waals surface area contributed by atoms with E-state index in [-0.39, 0.29) is 33.9 Å². The van der Waals surface area contributed by atoms with Gasteiger partial charge in [0.05, 0.1) is 28.6 Å². The van der Waals surface area contributed by atoms with Gasteiger partial charge in [0.1, 0.15) is 0 Å². The lowest BCUT2D eigenvalue weighted by molar-refractivity contribution is -0.142. The van der Waals surface area contributed by atoms with Crippen molar-refractivity contribution in [3.8, 4) is 18.1 Å². The third-order valence-electron chi connectivity index (χ3n) is 3.00. The second kappa shape index (κ2) is 8.30. The summed E-state index contributed by atoms with van der Waals surface area (Å²) in [5.74, 6) is 1.31. The number of thioether (sulfide) groups is 1. The number of ether oxygens (including phenoxy) is 2. The molecule has 1 aliphatic rings. The van der Waals surface area contributed by atoms with Crippen molar-refractivity contribution in [2.75, 3.05) is 20.3 Å². The van der Waals surface area contributed by atoms with Gasteiger partial charge in [-0.15, -0.1) is 6.42 Å². The molecule has 9 heteroatoms. The molecule has 130 valence electrons. The van der Waals surface area contributed by atoms with Crippen LogP contribution in [-0.2, 0) is 14.3 Å². The number of carbonyl (C=O) groups is 3. The van der Waals surface area contributed by atoms with Gasteiger partial charge in [-0.3, -0.25) is 14.5 Å². The Bertz CT molecular complexity index is 792. The lowest BCUT2D eigenvalue weighted by atomic mass is 10.2. The monoisotopic (exact) mass is 399 g/mol. The molecule has 1 fully saturated rings. The summed E-state index contributed by atoms with van der Waals surface area (Å²) < 4.78 is 9.68. The minimum absolute atomic E-state index is 0.0934. The molecule has 0 aliphatic carbocycles. The average molecular weight is 400 g/mol. The number of terminal acetylenes is 1. The van der Waals surface area contributed by atoms with Gasteiger partial charge in [0, 0.05) is 0 Å². The van der Waals surface area contributed by atoms with Gasteiger partial charge in [-0.25, -0.2) is 4.79 Å². The second-order valence-electron chi connectivity index (χ2n) is 4.65. The summed E-state index contributed by atoms with van der Waals surface area (Å²) in [6.07, 6.45) is 6.62. The number of imide groups is 1. The minimum atomic E-state index is -0.585. The van der Waals surface area contributed by atoms with E-state index in [0.29, 0.717) is 5.56 Å². The van der Waals surface area contributed by atoms with Crippen molar-refractivity contribution in [1.29, 1.82) is 0 Å². The van der Waals surface area contributed by atoms with E-state index in [1.54, 1.807) is 0 Å². The largest absolute Gasteiger partial charge is 0.479 e. The number of nitrogens with zero attached hydrogens (tertiary/aromatic N) is 1. The Morgan fingerprint density at radius 1 is 1.36 bits per heavy atom. The highest BCUT2D eigenvalue weighted by atomic mass is 35.5. The fourth-order valence-corrected chi connectivity index (χ4v) is 3.32. The van der Waals surface area contributed by atoms with Crippen molar-refractivity contribution in [2.24, 2.45) is 0 Å². The minimum Gasteiger partial charge on any atom is -0.479 e. The highest BCUT2D eigenvalue weighted by molar-refractivity contribution is 8.18. The average Bonchev–Trinajstić information content (AvgIpc) is 2.81. The van der Waals surface area contributed by atoms with Crippen LogP contribution in [0.3, 0.4) is 0 Å². The third kappa shape index (κ3) is 4.48. The summed E-state index contributed by atoms with van der Waals surface area (Å²) in [6, 6.07) is 2.99. The normalized spacial score (nSPS) is 15.4. The molecule has 0 spiro atoms. The number of esters is 1. The van der Waals surface area contributed by atoms with Gasteiger partial charge >= 0.3 is 5.97 Å². The van der Waals surface area contributed by atoms with E-state index in [9.17, 15) is 14.4 Å². The maximum absolute atomic E-state index is 12.1. The maximum Gasteiger partial charge on any atom is 0.343 e. The van der Waals surface area contributed by atoms with Crippen LogP contribution in [0.4, 0.5) is 4.79 Å². The van der Waals surface area contributed by atoms with Gasteiger partial charge in [-0.05, 0) is 35.5 Å². The Balaban J connectivity index is 2.24. The molecule has 0 bridgehead atoms. The molecule has 1 aromatic carbocycles. The lowest BCUT2D eigenvalue weighted by Gasteiger charge is -2.10. The summed E-state index contributed by atoms with van der Waals surface area (Å²) in [4.78, 5) is 36.2. The van der Waals surface area contributed by atoms with Gasteiger partial charge in [0.2, 0.25) is 0 Å². The van der Waals surface area contributed by atoms with Gasteiger partial charge in [-0.1, -0.05) is 29.1 Å². The fourth-order valence-electron chi connectivity index (χ4n) is 1.87. The van der Waals surface area contributed by atoms with Gasteiger partial charge < -0.3 is 9.47 Å². The number of carbonyl (C=O) groups excluding carboxylic acids is 3. The zero-order chi connectivity index (χ0) is 18.6. The Morgan fingerprint density at radius 2 is 2.00 bits per heavy atom. The predicted molar refractivity (Wildman–Crippen MR) is 95.5 cm³/mol. The molecule has 0 radical (unpaired) electrons. The summed E-state index contributed by atoms with van der Waals surface area (Å²) in [5.41, 5.74) is 0.492. The summed E-state index contributed by atoms with van der Waals surface area (Å²) in [6.45, 7) is -0.440. The SMILES string of the molecule is C#CCN1C(=O)S/C(=C\c2cc(Cl)c(OCC(=O)OC)c(Cl)c2)C1=O. The molecule has 0 aromatic heterocycles. The molecule has 2 amide bonds. The molecule has 1 aromatic rings. The van der Waals surface area contributed by atoms with Crippen molar-refractivity contribution in [1.82, 2.24) is 4.90 Å². The second-order valence-corrected chi connectivity index (χ2v) is 6.46. The van der Waals surface area contributed by atoms with Gasteiger partial charge in [-0.2, -0.15) is 0 Å². The summed E-state index contributed by atoms with van der Waals surface area (Å²) in [5, 5.41) is -0.152. The highest BCUT2D eigenvalue weighted by Gasteiger charge is 2.34. The molecular formula is C16H11Cl2NO5S. The molecule has 2 rings (SSSR count). The molecular weight excluding hydrogens is 389 g/mol. The molecule has 1 heterocycles. The number of methoxy groups -OCH3 is 1. The maximum atomic E-state index is 12.1. The smallest absolute Gasteiger partial charge is 0.343 e. The Kier molecular flexibility index (Phi) is 6.37. The van der Waals surface area contributed by atoms with Crippen molar-refractivity contribution < 1.29 is 23.9 Å². The molecule has 1 saturated heterocycles. The zero-order valence-electron chi connectivity index (χ0n) is 12.9. The van der Waals surface area contributed by atoms with Crippen molar-refractivity contribution >= 4 is 58.2 Å². The quantitative estimate of drug-likeness (QED) is 0.429. The molecule has 25 heavy (non-hydrogen) atoms. The first kappa shape index (κ1) is 19.2. The molecule has 6 nitrogen and oxygen atoms in total. The van der Waals surface area contributed by atoms with Crippen LogP contribution in [0.25, 0.3) is 6.08 Å². The molecule has 1 aliphatic heterocycles. The topological polar surface area (TPSA) is 72.9 Å². The summed E-state index contributed by atoms with van der Waals surface area (Å²) >= 11 is 13.0. The van der Waals surface area contributed by atoms with Crippen LogP contribution in [0, 0.1) is 12.3 Å². The van der Waals surface area contributed by atoms with Crippen LogP contribution in [-0.4, -0.2) is 42.3 Å². The molecule has 0 saturated carbocycles. The zero-order valence-corrected chi connectivity index (χ0v) is 15.2. The van der Waals surface area contributed by atoms with Gasteiger partial charge in [0.15, 0.2) is 12.4 Å². The first-order chi connectivity index (χ1) is 11.9. The van der Waals surface area contributed by atoms with E-state index < -0.39 is 17.1 Å². The van der Waals surface area contributed by atoms with Crippen LogP contribution in [0.1, 0.15) is 5.56 Å². The summed E-state index contributed by atoms with van der Waals surface area (Å²) in [7, 11) is 1.23. The number of hydrogen-bond donors (Lipinski definition) is 0. The molecule has 0 N–H and O–H groups in total. The number of rotatable bonds is 5. The van der Waals surface area contributed by atoms with Crippen LogP contribution >= 0.6 is 35.0 Å². The van der Waals surface area contributed by atoms with E-state index in [4.69, 9.17) is 34.4 Å². The van der Waals surface area contributed by atoms with Crippen molar-refractivity contribution in [3.63, 3.8) is 0 Å². The van der Waals surface area contributed by atoms with E-state index >= 15 is 0 Å². The predicted octanol–water partition coefficient (Wildman–Crippen LogP) is 3.21. The van der Waals surface area contributed by atoms with E-state index in [1.807, 2.05) is 0 Å². The Morgan fingerprint density at radius 3 is 2.56 bits per heavy atom. The van der Waals surface area contributed by atoms with E-state index in [1.165, 1.54) is 25.3 Å². The Hall–Kier alpha value is -2.14. The van der Waals surface area contributed by atoms with Gasteiger partial charge in [0.25, 0.3) is 11.1 Å². The standard InChI is InChI=1S/C16H11Cl2NO5S/c1-3-4-19-15(21)12(25-16(19)22)7-9-5-10(17)14(11(18)6-9)24-8-13(20)23-2/h1,5-7H,4,8H2,2H3/b12-7-. The molecule has 0 unspecified atom stereocenters. The third-order valence-corrected chi connectivity index (χ3v) is 4.47. The number of halogens is 2. The van der Waals surface area contributed by atoms with Crippen LogP contribution in [0.15, 0.2) is 17.0 Å². The molecule has 0 atom stereocenters. The van der Waals surface area contributed by atoms with E-state index in [0.717, 1.165) is 16.7 Å². The first-order valence-corrected chi connectivity index (χ1v) is 8.32. The first-order valence-electron chi connectivity index (χ1n) is 6.75. The highest BCUT2D eigenvalue weighted by Crippen LogP contribution is 2.37. The van der Waals surface area contributed by atoms with Crippen LogP contribution in [0.2, 0.25) is 10.0 Å². The number of amides is 2. The van der Waals surface area contributed by atoms with E-state index in [2.05, 4.69) is 10.7 Å². The Labute approximate surface area is 158 Å². The fraction of sp³-hybridized carbons (Fsp3) is 0.188. The lowest BCUT2D eigenvalue weighted by Crippen LogP contribution is -2.28. The number of hydrogen-bond acceptors (Lipinski definition) is 6. The van der Waals surface area contributed by atoms with Crippen LogP contribution in [0.5, 0.6) is 5.75 Å².